The van der Waals surface area contributed by atoms with Crippen LogP contribution in [0.2, 0.25) is 5.02 Å². The summed E-state index contributed by atoms with van der Waals surface area (Å²) < 4.78 is 5.56. The standard InChI is InChI=1S/C15H20ClNO4/c16-13-2-1-3-14(18)12(13)10-17-7-4-11(5-8-17)21-9-6-15(19)20/h1-3,11,18H,4-10H2,(H,19,20). The van der Waals surface area contributed by atoms with Crippen LogP contribution in [0.25, 0.3) is 0 Å². The Kier molecular flexibility index (Phi) is 5.85. The summed E-state index contributed by atoms with van der Waals surface area (Å²) in [6.45, 7) is 2.59. The summed E-state index contributed by atoms with van der Waals surface area (Å²) in [6.07, 6.45) is 1.91. The van der Waals surface area contributed by atoms with Gasteiger partial charge in [0.1, 0.15) is 5.75 Å². The highest BCUT2D eigenvalue weighted by atomic mass is 35.5. The van der Waals surface area contributed by atoms with Gasteiger partial charge in [-0.25, -0.2) is 0 Å². The first-order valence-corrected chi connectivity index (χ1v) is 7.46. The number of carbonyl (C=O) groups is 1. The fourth-order valence-electron chi connectivity index (χ4n) is 2.47. The second-order valence-corrected chi connectivity index (χ2v) is 5.63. The zero-order valence-electron chi connectivity index (χ0n) is 11.8. The van der Waals surface area contributed by atoms with E-state index in [0.717, 1.165) is 31.5 Å². The van der Waals surface area contributed by atoms with Crippen molar-refractivity contribution in [1.82, 2.24) is 4.90 Å². The molecule has 1 aliphatic rings. The Morgan fingerprint density at radius 3 is 2.71 bits per heavy atom. The van der Waals surface area contributed by atoms with Gasteiger partial charge in [-0.05, 0) is 25.0 Å². The van der Waals surface area contributed by atoms with E-state index in [9.17, 15) is 9.90 Å². The average Bonchev–Trinajstić information content (AvgIpc) is 2.44. The third-order valence-electron chi connectivity index (χ3n) is 3.68. The maximum absolute atomic E-state index is 10.4. The summed E-state index contributed by atoms with van der Waals surface area (Å²) >= 11 is 6.11. The largest absolute Gasteiger partial charge is 0.508 e. The molecule has 1 saturated heterocycles. The zero-order valence-corrected chi connectivity index (χ0v) is 12.6. The van der Waals surface area contributed by atoms with Crippen molar-refractivity contribution in [2.75, 3.05) is 19.7 Å². The molecule has 0 atom stereocenters. The van der Waals surface area contributed by atoms with Crippen LogP contribution in [0.15, 0.2) is 18.2 Å². The molecule has 0 aromatic heterocycles. The number of halogens is 1. The van der Waals surface area contributed by atoms with Gasteiger partial charge < -0.3 is 14.9 Å². The maximum Gasteiger partial charge on any atom is 0.305 e. The Balaban J connectivity index is 1.78. The van der Waals surface area contributed by atoms with E-state index < -0.39 is 5.97 Å². The van der Waals surface area contributed by atoms with Crippen molar-refractivity contribution >= 4 is 17.6 Å². The molecule has 0 radical (unpaired) electrons. The molecule has 2 rings (SSSR count). The van der Waals surface area contributed by atoms with E-state index >= 15 is 0 Å². The van der Waals surface area contributed by atoms with Crippen LogP contribution in [-0.4, -0.2) is 46.9 Å². The van der Waals surface area contributed by atoms with Crippen LogP contribution in [-0.2, 0) is 16.1 Å². The third-order valence-corrected chi connectivity index (χ3v) is 4.03. The SMILES string of the molecule is O=C(O)CCOC1CCN(Cc2c(O)cccc2Cl)CC1. The smallest absolute Gasteiger partial charge is 0.305 e. The van der Waals surface area contributed by atoms with E-state index in [-0.39, 0.29) is 24.9 Å². The number of phenolic OH excluding ortho intramolecular Hbond substituents is 1. The Bertz CT molecular complexity index is 466. The van der Waals surface area contributed by atoms with Crippen molar-refractivity contribution in [3.63, 3.8) is 0 Å². The van der Waals surface area contributed by atoms with Crippen molar-refractivity contribution < 1.29 is 19.7 Å². The number of ether oxygens (including phenoxy) is 1. The summed E-state index contributed by atoms with van der Waals surface area (Å²) in [5.41, 5.74) is 0.754. The molecule has 0 unspecified atom stereocenters. The molecule has 0 amide bonds. The van der Waals surface area contributed by atoms with Crippen molar-refractivity contribution in [3.05, 3.63) is 28.8 Å². The number of carboxylic acids is 1. The van der Waals surface area contributed by atoms with E-state index in [2.05, 4.69) is 4.90 Å². The van der Waals surface area contributed by atoms with Crippen LogP contribution in [0.4, 0.5) is 0 Å². The summed E-state index contributed by atoms with van der Waals surface area (Å²) in [5.74, 6) is -0.607. The van der Waals surface area contributed by atoms with Gasteiger partial charge >= 0.3 is 5.97 Å². The number of aliphatic carboxylic acids is 1. The van der Waals surface area contributed by atoms with Crippen molar-refractivity contribution in [2.45, 2.75) is 31.9 Å². The minimum absolute atomic E-state index is 0.0493. The molecular formula is C15H20ClNO4. The fraction of sp³-hybridized carbons (Fsp3) is 0.533. The number of hydrogen-bond acceptors (Lipinski definition) is 4. The first kappa shape index (κ1) is 16.1. The highest BCUT2D eigenvalue weighted by molar-refractivity contribution is 6.31. The zero-order chi connectivity index (χ0) is 15.2. The minimum atomic E-state index is -0.832. The van der Waals surface area contributed by atoms with Crippen molar-refractivity contribution in [3.8, 4) is 5.75 Å². The second-order valence-electron chi connectivity index (χ2n) is 5.23. The number of benzene rings is 1. The van der Waals surface area contributed by atoms with Crippen molar-refractivity contribution in [1.29, 1.82) is 0 Å². The third kappa shape index (κ3) is 4.88. The van der Waals surface area contributed by atoms with E-state index in [1.54, 1.807) is 18.2 Å². The van der Waals surface area contributed by atoms with Gasteiger partial charge in [-0.3, -0.25) is 9.69 Å². The molecule has 0 bridgehead atoms. The summed E-state index contributed by atoms with van der Waals surface area (Å²) in [6, 6.07) is 5.14. The molecule has 2 N–H and O–H groups in total. The fourth-order valence-corrected chi connectivity index (χ4v) is 2.70. The van der Waals surface area contributed by atoms with Crippen LogP contribution >= 0.6 is 11.6 Å². The molecule has 0 saturated carbocycles. The van der Waals surface area contributed by atoms with E-state index in [4.69, 9.17) is 21.4 Å². The van der Waals surface area contributed by atoms with Gasteiger partial charge in [0.25, 0.3) is 0 Å². The number of rotatable bonds is 6. The molecule has 0 aliphatic carbocycles. The van der Waals surface area contributed by atoms with Crippen LogP contribution in [0.5, 0.6) is 5.75 Å². The van der Waals surface area contributed by atoms with E-state index in [1.165, 1.54) is 0 Å². The summed E-state index contributed by atoms with van der Waals surface area (Å²) in [5, 5.41) is 19.0. The molecule has 5 nitrogen and oxygen atoms in total. The van der Waals surface area contributed by atoms with Gasteiger partial charge in [-0.2, -0.15) is 0 Å². The van der Waals surface area contributed by atoms with Gasteiger partial charge in [-0.15, -0.1) is 0 Å². The number of hydrogen-bond donors (Lipinski definition) is 2. The van der Waals surface area contributed by atoms with E-state index in [1.807, 2.05) is 0 Å². The van der Waals surface area contributed by atoms with Crippen LogP contribution in [0.1, 0.15) is 24.8 Å². The number of piperidine rings is 1. The van der Waals surface area contributed by atoms with Crippen LogP contribution in [0.3, 0.4) is 0 Å². The Morgan fingerprint density at radius 2 is 2.10 bits per heavy atom. The maximum atomic E-state index is 10.4. The molecule has 1 heterocycles. The molecule has 1 aromatic carbocycles. The molecule has 6 heteroatoms. The van der Waals surface area contributed by atoms with Gasteiger partial charge in [0.05, 0.1) is 19.1 Å². The highest BCUT2D eigenvalue weighted by Crippen LogP contribution is 2.27. The Hall–Kier alpha value is -1.30. The van der Waals surface area contributed by atoms with Crippen LogP contribution in [0, 0.1) is 0 Å². The number of nitrogens with zero attached hydrogens (tertiary/aromatic N) is 1. The highest BCUT2D eigenvalue weighted by Gasteiger charge is 2.21. The molecule has 21 heavy (non-hydrogen) atoms. The second kappa shape index (κ2) is 7.64. The lowest BCUT2D eigenvalue weighted by Gasteiger charge is -2.32. The number of likely N-dealkylation sites (tertiary alicyclic amines) is 1. The normalized spacial score (nSPS) is 17.0. The molecule has 1 fully saturated rings. The first-order valence-electron chi connectivity index (χ1n) is 7.08. The van der Waals surface area contributed by atoms with Gasteiger partial charge in [0, 0.05) is 30.2 Å². The minimum Gasteiger partial charge on any atom is -0.508 e. The lowest BCUT2D eigenvalue weighted by atomic mass is 10.1. The topological polar surface area (TPSA) is 70.0 Å². The van der Waals surface area contributed by atoms with Crippen LogP contribution < -0.4 is 0 Å². The summed E-state index contributed by atoms with van der Waals surface area (Å²) in [7, 11) is 0. The Labute approximate surface area is 129 Å². The van der Waals surface area contributed by atoms with Gasteiger partial charge in [-0.1, -0.05) is 17.7 Å². The predicted octanol–water partition coefficient (Wildman–Crippen LogP) is 2.50. The Morgan fingerprint density at radius 1 is 1.38 bits per heavy atom. The number of phenols is 1. The van der Waals surface area contributed by atoms with E-state index in [0.29, 0.717) is 11.6 Å². The predicted molar refractivity (Wildman–Crippen MR) is 79.6 cm³/mol. The van der Waals surface area contributed by atoms with Gasteiger partial charge in [0.15, 0.2) is 0 Å². The molecule has 0 spiro atoms. The summed E-state index contributed by atoms with van der Waals surface area (Å²) in [4.78, 5) is 12.7. The lowest BCUT2D eigenvalue weighted by molar-refractivity contribution is -0.138. The molecule has 116 valence electrons. The molecule has 1 aliphatic heterocycles. The monoisotopic (exact) mass is 313 g/mol. The average molecular weight is 314 g/mol. The quantitative estimate of drug-likeness (QED) is 0.844. The number of aromatic hydroxyl groups is 1. The lowest BCUT2D eigenvalue weighted by Crippen LogP contribution is -2.36. The van der Waals surface area contributed by atoms with Gasteiger partial charge in [0.2, 0.25) is 0 Å². The molecular weight excluding hydrogens is 294 g/mol. The number of carboxylic acid groups (broad SMARTS) is 1. The molecule has 1 aromatic rings. The van der Waals surface area contributed by atoms with Crippen molar-refractivity contribution in [2.24, 2.45) is 0 Å². The first-order chi connectivity index (χ1) is 10.1.